The summed E-state index contributed by atoms with van der Waals surface area (Å²) in [6, 6.07) is 4.47. The Balaban J connectivity index is 1.73. The first-order chi connectivity index (χ1) is 12.5. The number of likely N-dealkylation sites (tertiary alicyclic amines) is 1. The van der Waals surface area contributed by atoms with Gasteiger partial charge in [0.25, 0.3) is 0 Å². The zero-order valence-corrected chi connectivity index (χ0v) is 15.3. The van der Waals surface area contributed by atoms with E-state index in [9.17, 15) is 13.6 Å². The zero-order valence-electron chi connectivity index (χ0n) is 15.3. The molecule has 8 heteroatoms. The fraction of sp³-hybridized carbons (Fsp3) is 0.556. The summed E-state index contributed by atoms with van der Waals surface area (Å²) >= 11 is 0. The molecular weight excluding hydrogens is 340 g/mol. The summed E-state index contributed by atoms with van der Waals surface area (Å²) < 4.78 is 26.9. The number of rotatable bonds is 6. The van der Waals surface area contributed by atoms with Gasteiger partial charge in [-0.1, -0.05) is 12.1 Å². The molecule has 1 aromatic carbocycles. The van der Waals surface area contributed by atoms with Crippen LogP contribution >= 0.6 is 0 Å². The molecule has 0 bridgehead atoms. The largest absolute Gasteiger partial charge is 0.358 e. The highest BCUT2D eigenvalue weighted by atomic mass is 19.2. The molecule has 1 amide bonds. The number of hydrogen-bond acceptors (Lipinski definition) is 3. The van der Waals surface area contributed by atoms with Gasteiger partial charge in [0.15, 0.2) is 17.6 Å². The normalized spacial score (nSPS) is 16.4. The van der Waals surface area contributed by atoms with E-state index >= 15 is 0 Å². The van der Waals surface area contributed by atoms with Crippen molar-refractivity contribution in [2.24, 2.45) is 4.99 Å². The van der Waals surface area contributed by atoms with Crippen LogP contribution in [-0.2, 0) is 11.2 Å². The molecule has 1 aliphatic rings. The smallest absolute Gasteiger partial charge is 0.233 e. The average Bonchev–Trinajstić information content (AvgIpc) is 2.65. The number of nitrogens with one attached hydrogen (secondary N) is 3. The van der Waals surface area contributed by atoms with Crippen molar-refractivity contribution in [2.45, 2.75) is 25.3 Å². The molecular formula is C18H27F2N5O. The Labute approximate surface area is 153 Å². The third kappa shape index (κ3) is 5.94. The van der Waals surface area contributed by atoms with Gasteiger partial charge in [0.05, 0.1) is 6.54 Å². The monoisotopic (exact) mass is 367 g/mol. The van der Waals surface area contributed by atoms with Crippen LogP contribution in [0.1, 0.15) is 18.4 Å². The van der Waals surface area contributed by atoms with Crippen LogP contribution in [-0.4, -0.2) is 63.1 Å². The molecule has 0 atom stereocenters. The minimum atomic E-state index is -0.825. The maximum atomic E-state index is 13.7. The fourth-order valence-corrected chi connectivity index (χ4v) is 2.96. The predicted molar refractivity (Wildman–Crippen MR) is 98.1 cm³/mol. The lowest BCUT2D eigenvalue weighted by atomic mass is 10.1. The first kappa shape index (κ1) is 20.1. The van der Waals surface area contributed by atoms with E-state index in [-0.39, 0.29) is 11.9 Å². The highest BCUT2D eigenvalue weighted by Gasteiger charge is 2.21. The van der Waals surface area contributed by atoms with Crippen LogP contribution in [0.3, 0.4) is 0 Å². The SMILES string of the molecule is CN=C(NCCc1cccc(F)c1F)NC1CCN(CC(=O)NC)CC1. The van der Waals surface area contributed by atoms with Gasteiger partial charge in [-0.3, -0.25) is 14.7 Å². The van der Waals surface area contributed by atoms with Gasteiger partial charge in [0.1, 0.15) is 0 Å². The van der Waals surface area contributed by atoms with Gasteiger partial charge in [0.2, 0.25) is 5.91 Å². The van der Waals surface area contributed by atoms with Crippen LogP contribution in [0.2, 0.25) is 0 Å². The molecule has 0 aliphatic carbocycles. The summed E-state index contributed by atoms with van der Waals surface area (Å²) in [5.74, 6) is -0.945. The highest BCUT2D eigenvalue weighted by molar-refractivity contribution is 5.80. The van der Waals surface area contributed by atoms with Crippen LogP contribution in [0.5, 0.6) is 0 Å². The van der Waals surface area contributed by atoms with E-state index < -0.39 is 11.6 Å². The number of likely N-dealkylation sites (N-methyl/N-ethyl adjacent to an activating group) is 1. The second-order valence-corrected chi connectivity index (χ2v) is 6.33. The van der Waals surface area contributed by atoms with E-state index in [0.717, 1.165) is 32.0 Å². The van der Waals surface area contributed by atoms with E-state index in [1.807, 2.05) is 0 Å². The standard InChI is InChI=1S/C18H27F2N5O/c1-21-16(26)12-25-10-7-14(8-11-25)24-18(22-2)23-9-6-13-4-3-5-15(19)17(13)20/h3-5,14H,6-12H2,1-2H3,(H,21,26)(H2,22,23,24). The van der Waals surface area contributed by atoms with E-state index in [1.54, 1.807) is 20.2 Å². The Kier molecular flexibility index (Phi) is 7.77. The third-order valence-electron chi connectivity index (χ3n) is 4.52. The van der Waals surface area contributed by atoms with Crippen LogP contribution in [0, 0.1) is 11.6 Å². The molecule has 0 radical (unpaired) electrons. The van der Waals surface area contributed by atoms with Gasteiger partial charge < -0.3 is 16.0 Å². The van der Waals surface area contributed by atoms with E-state index in [0.29, 0.717) is 31.0 Å². The van der Waals surface area contributed by atoms with Gasteiger partial charge >= 0.3 is 0 Å². The second kappa shape index (κ2) is 10.1. The molecule has 1 fully saturated rings. The Hall–Kier alpha value is -2.22. The minimum absolute atomic E-state index is 0.0264. The number of hydrogen-bond donors (Lipinski definition) is 3. The summed E-state index contributed by atoms with van der Waals surface area (Å²) in [6.45, 7) is 2.57. The van der Waals surface area contributed by atoms with Crippen molar-refractivity contribution < 1.29 is 13.6 Å². The number of benzene rings is 1. The second-order valence-electron chi connectivity index (χ2n) is 6.33. The maximum Gasteiger partial charge on any atom is 0.233 e. The van der Waals surface area contributed by atoms with Gasteiger partial charge in [-0.2, -0.15) is 0 Å². The molecule has 0 aromatic heterocycles. The molecule has 3 N–H and O–H groups in total. The van der Waals surface area contributed by atoms with E-state index in [1.165, 1.54) is 6.07 Å². The number of guanidine groups is 1. The molecule has 26 heavy (non-hydrogen) atoms. The maximum absolute atomic E-state index is 13.7. The summed E-state index contributed by atoms with van der Waals surface area (Å²) in [5.41, 5.74) is 0.343. The van der Waals surface area contributed by atoms with Crippen molar-refractivity contribution in [1.29, 1.82) is 0 Å². The number of nitrogens with zero attached hydrogens (tertiary/aromatic N) is 2. The molecule has 0 spiro atoms. The van der Waals surface area contributed by atoms with Gasteiger partial charge in [-0.15, -0.1) is 0 Å². The number of piperidine rings is 1. The van der Waals surface area contributed by atoms with Gasteiger partial charge in [0, 0.05) is 39.8 Å². The lowest BCUT2D eigenvalue weighted by Crippen LogP contribution is -2.50. The first-order valence-corrected chi connectivity index (χ1v) is 8.86. The topological polar surface area (TPSA) is 68.8 Å². The quantitative estimate of drug-likeness (QED) is 0.516. The van der Waals surface area contributed by atoms with E-state index in [4.69, 9.17) is 0 Å². The highest BCUT2D eigenvalue weighted by Crippen LogP contribution is 2.12. The summed E-state index contributed by atoms with van der Waals surface area (Å²) in [6.07, 6.45) is 2.20. The third-order valence-corrected chi connectivity index (χ3v) is 4.52. The number of carbonyl (C=O) groups excluding carboxylic acids is 1. The van der Waals surface area contributed by atoms with Crippen molar-refractivity contribution >= 4 is 11.9 Å². The number of carbonyl (C=O) groups is 1. The number of halogens is 2. The van der Waals surface area contributed by atoms with Crippen molar-refractivity contribution in [3.8, 4) is 0 Å². The Morgan fingerprint density at radius 2 is 2.04 bits per heavy atom. The zero-order chi connectivity index (χ0) is 18.9. The summed E-state index contributed by atoms with van der Waals surface area (Å²) in [7, 11) is 3.32. The Morgan fingerprint density at radius 3 is 2.69 bits per heavy atom. The fourth-order valence-electron chi connectivity index (χ4n) is 2.96. The van der Waals surface area contributed by atoms with Crippen LogP contribution in [0.15, 0.2) is 23.2 Å². The number of aliphatic imine (C=N–C) groups is 1. The average molecular weight is 367 g/mol. The minimum Gasteiger partial charge on any atom is -0.358 e. The molecule has 0 saturated carbocycles. The molecule has 0 unspecified atom stereocenters. The lowest BCUT2D eigenvalue weighted by molar-refractivity contribution is -0.122. The molecule has 1 heterocycles. The summed E-state index contributed by atoms with van der Waals surface area (Å²) in [4.78, 5) is 17.7. The predicted octanol–water partition coefficient (Wildman–Crippen LogP) is 0.883. The molecule has 6 nitrogen and oxygen atoms in total. The van der Waals surface area contributed by atoms with Gasteiger partial charge in [-0.05, 0) is 30.9 Å². The lowest BCUT2D eigenvalue weighted by Gasteiger charge is -2.32. The molecule has 144 valence electrons. The molecule has 1 aliphatic heterocycles. The Bertz CT molecular complexity index is 630. The van der Waals surface area contributed by atoms with Crippen molar-refractivity contribution in [1.82, 2.24) is 20.9 Å². The molecule has 1 aromatic rings. The molecule has 2 rings (SSSR count). The van der Waals surface area contributed by atoms with Crippen LogP contribution < -0.4 is 16.0 Å². The van der Waals surface area contributed by atoms with Gasteiger partial charge in [-0.25, -0.2) is 8.78 Å². The van der Waals surface area contributed by atoms with Crippen LogP contribution in [0.25, 0.3) is 0 Å². The van der Waals surface area contributed by atoms with Crippen molar-refractivity contribution in [2.75, 3.05) is 40.3 Å². The van der Waals surface area contributed by atoms with E-state index in [2.05, 4.69) is 25.8 Å². The van der Waals surface area contributed by atoms with Crippen LogP contribution in [0.4, 0.5) is 8.78 Å². The van der Waals surface area contributed by atoms with Crippen molar-refractivity contribution in [3.05, 3.63) is 35.4 Å². The summed E-state index contributed by atoms with van der Waals surface area (Å²) in [5, 5.41) is 9.12. The Morgan fingerprint density at radius 1 is 1.31 bits per heavy atom. The number of amides is 1. The van der Waals surface area contributed by atoms with Crippen molar-refractivity contribution in [3.63, 3.8) is 0 Å². The molecule has 1 saturated heterocycles. The first-order valence-electron chi connectivity index (χ1n) is 8.86.